The van der Waals surface area contributed by atoms with Gasteiger partial charge in [-0.25, -0.2) is 4.98 Å². The maximum atomic E-state index is 12.8. The normalized spacial score (nSPS) is 13.0. The van der Waals surface area contributed by atoms with Crippen LogP contribution in [0.5, 0.6) is 0 Å². The predicted octanol–water partition coefficient (Wildman–Crippen LogP) is 3.74. The fraction of sp³-hybridized carbons (Fsp3) is 0.368. The van der Waals surface area contributed by atoms with Gasteiger partial charge in [-0.05, 0) is 37.5 Å². The third-order valence-electron chi connectivity index (χ3n) is 4.07. The lowest BCUT2D eigenvalue weighted by molar-refractivity contribution is -0.117. The van der Waals surface area contributed by atoms with Crippen LogP contribution in [0.4, 0.5) is 5.82 Å². The molecule has 8 heteroatoms. The van der Waals surface area contributed by atoms with Gasteiger partial charge in [0.2, 0.25) is 5.91 Å². The number of anilines is 1. The minimum absolute atomic E-state index is 0.133. The molecule has 0 spiro atoms. The quantitative estimate of drug-likeness (QED) is 0.639. The summed E-state index contributed by atoms with van der Waals surface area (Å²) in [4.78, 5) is 32.5. The molecule has 1 aromatic heterocycles. The molecule has 1 amide bonds. The maximum absolute atomic E-state index is 12.8. The van der Waals surface area contributed by atoms with E-state index in [-0.39, 0.29) is 11.7 Å². The monoisotopic (exact) mass is 407 g/mol. The molecule has 0 saturated carbocycles. The Kier molecular flexibility index (Phi) is 8.06. The van der Waals surface area contributed by atoms with Gasteiger partial charge in [0.15, 0.2) is 5.82 Å². The number of amides is 1. The number of hydrogen-bond donors (Lipinski definition) is 1. The van der Waals surface area contributed by atoms with Gasteiger partial charge in [-0.15, -0.1) is 0 Å². The molecule has 0 fully saturated rings. The smallest absolute Gasteiger partial charge is 0.233 e. The third kappa shape index (κ3) is 6.52. The Morgan fingerprint density at radius 2 is 2.04 bits per heavy atom. The van der Waals surface area contributed by atoms with E-state index in [0.29, 0.717) is 28.6 Å². The van der Waals surface area contributed by atoms with E-state index in [4.69, 9.17) is 11.6 Å². The molecule has 0 saturated heterocycles. The first kappa shape index (κ1) is 21.2. The highest BCUT2D eigenvalue weighted by Crippen LogP contribution is 2.29. The molecule has 2 atom stereocenters. The van der Waals surface area contributed by atoms with Gasteiger partial charge >= 0.3 is 0 Å². The summed E-state index contributed by atoms with van der Waals surface area (Å²) in [6, 6.07) is 5.14. The van der Waals surface area contributed by atoms with Crippen LogP contribution in [-0.4, -0.2) is 32.1 Å². The molecule has 2 rings (SSSR count). The number of hydrogen-bond acceptors (Lipinski definition) is 5. The topological polar surface area (TPSA) is 89.0 Å². The summed E-state index contributed by atoms with van der Waals surface area (Å²) in [5.74, 6) is -0.183. The molecule has 27 heavy (non-hydrogen) atoms. The van der Waals surface area contributed by atoms with Crippen LogP contribution < -0.4 is 5.32 Å². The third-order valence-corrected chi connectivity index (χ3v) is 5.47. The molecule has 0 bridgehead atoms. The second kappa shape index (κ2) is 10.3. The number of Topliss-reactive ketones (excluding diaryl/α,β-unsaturated/α-hetero) is 1. The van der Waals surface area contributed by atoms with Crippen molar-refractivity contribution in [2.24, 2.45) is 0 Å². The SMILES string of the molecule is CC(=O)CCCCC(C(=O)Nc1cnccn1)c1ccc(S(C)=O)c(Cl)c1. The average Bonchev–Trinajstić information content (AvgIpc) is 2.61. The molecular weight excluding hydrogens is 386 g/mol. The van der Waals surface area contributed by atoms with Crippen LogP contribution in [0.1, 0.15) is 44.1 Å². The summed E-state index contributed by atoms with van der Waals surface area (Å²) < 4.78 is 11.7. The van der Waals surface area contributed by atoms with Crippen LogP contribution in [0.2, 0.25) is 5.02 Å². The molecule has 1 heterocycles. The number of aromatic nitrogens is 2. The van der Waals surface area contributed by atoms with Crippen LogP contribution in [-0.2, 0) is 20.4 Å². The number of unbranched alkanes of at least 4 members (excludes halogenated alkanes) is 1. The number of benzene rings is 1. The molecule has 144 valence electrons. The zero-order valence-electron chi connectivity index (χ0n) is 15.3. The van der Waals surface area contributed by atoms with Crippen molar-refractivity contribution in [3.05, 3.63) is 47.4 Å². The van der Waals surface area contributed by atoms with Crippen LogP contribution in [0.15, 0.2) is 41.7 Å². The highest BCUT2D eigenvalue weighted by Gasteiger charge is 2.22. The Labute approximate surface area is 166 Å². The fourth-order valence-electron chi connectivity index (χ4n) is 2.72. The van der Waals surface area contributed by atoms with Crippen molar-refractivity contribution < 1.29 is 13.8 Å². The summed E-state index contributed by atoms with van der Waals surface area (Å²) in [6.45, 7) is 1.56. The van der Waals surface area contributed by atoms with Crippen molar-refractivity contribution in [3.8, 4) is 0 Å². The average molecular weight is 408 g/mol. The van der Waals surface area contributed by atoms with Crippen LogP contribution in [0.25, 0.3) is 0 Å². The van der Waals surface area contributed by atoms with E-state index in [9.17, 15) is 13.8 Å². The van der Waals surface area contributed by atoms with Gasteiger partial charge in [0.25, 0.3) is 0 Å². The minimum Gasteiger partial charge on any atom is -0.309 e. The van der Waals surface area contributed by atoms with Crippen LogP contribution >= 0.6 is 11.6 Å². The van der Waals surface area contributed by atoms with Gasteiger partial charge in [-0.1, -0.05) is 24.1 Å². The summed E-state index contributed by atoms with van der Waals surface area (Å²) >= 11 is 6.24. The second-order valence-corrected chi connectivity index (χ2v) is 7.98. The summed E-state index contributed by atoms with van der Waals surface area (Å²) in [7, 11) is -1.20. The lowest BCUT2D eigenvalue weighted by Crippen LogP contribution is -2.22. The van der Waals surface area contributed by atoms with Crippen molar-refractivity contribution in [1.82, 2.24) is 9.97 Å². The number of carbonyl (C=O) groups is 2. The summed E-state index contributed by atoms with van der Waals surface area (Å²) in [6.07, 6.45) is 8.55. The van der Waals surface area contributed by atoms with E-state index in [1.165, 1.54) is 18.6 Å². The summed E-state index contributed by atoms with van der Waals surface area (Å²) in [5, 5.41) is 3.13. The number of halogens is 1. The Morgan fingerprint density at radius 1 is 1.26 bits per heavy atom. The van der Waals surface area contributed by atoms with E-state index in [0.717, 1.165) is 18.4 Å². The van der Waals surface area contributed by atoms with Gasteiger partial charge in [0.1, 0.15) is 5.78 Å². The van der Waals surface area contributed by atoms with E-state index in [2.05, 4.69) is 15.3 Å². The molecule has 0 aliphatic rings. The van der Waals surface area contributed by atoms with Gasteiger partial charge in [0.05, 0.1) is 32.8 Å². The highest BCUT2D eigenvalue weighted by molar-refractivity contribution is 7.84. The molecule has 0 aliphatic heterocycles. The number of nitrogens with zero attached hydrogens (tertiary/aromatic N) is 2. The standard InChI is InChI=1S/C19H22ClN3O3S/c1-13(24)5-3-4-6-15(19(25)23-18-12-21-9-10-22-18)14-7-8-17(27(2)26)16(20)11-14/h7-12,15H,3-6H2,1-2H3,(H,22,23,25). The zero-order chi connectivity index (χ0) is 19.8. The predicted molar refractivity (Wildman–Crippen MR) is 106 cm³/mol. The van der Waals surface area contributed by atoms with Crippen molar-refractivity contribution in [3.63, 3.8) is 0 Å². The maximum Gasteiger partial charge on any atom is 0.233 e. The highest BCUT2D eigenvalue weighted by atomic mass is 35.5. The van der Waals surface area contributed by atoms with Crippen LogP contribution in [0.3, 0.4) is 0 Å². The molecule has 1 aromatic carbocycles. The molecule has 2 unspecified atom stereocenters. The van der Waals surface area contributed by atoms with Crippen molar-refractivity contribution in [2.45, 2.75) is 43.4 Å². The Bertz CT molecular complexity index is 830. The van der Waals surface area contributed by atoms with Crippen molar-refractivity contribution in [1.29, 1.82) is 0 Å². The molecule has 0 aliphatic carbocycles. The van der Waals surface area contributed by atoms with E-state index < -0.39 is 16.7 Å². The largest absolute Gasteiger partial charge is 0.309 e. The second-order valence-electron chi connectivity index (χ2n) is 6.22. The Hall–Kier alpha value is -2.12. The summed E-state index contributed by atoms with van der Waals surface area (Å²) in [5.41, 5.74) is 0.735. The van der Waals surface area contributed by atoms with Crippen molar-refractivity contribution in [2.75, 3.05) is 11.6 Å². The number of carbonyl (C=O) groups excluding carboxylic acids is 2. The van der Waals surface area contributed by atoms with E-state index >= 15 is 0 Å². The fourth-order valence-corrected chi connectivity index (χ4v) is 3.82. The lowest BCUT2D eigenvalue weighted by atomic mass is 9.92. The van der Waals surface area contributed by atoms with E-state index in [1.54, 1.807) is 31.4 Å². The first-order valence-corrected chi connectivity index (χ1v) is 10.5. The number of nitrogens with one attached hydrogen (secondary N) is 1. The van der Waals surface area contributed by atoms with Gasteiger partial charge in [-0.2, -0.15) is 0 Å². The first-order chi connectivity index (χ1) is 12.9. The molecule has 2 aromatic rings. The number of ketones is 1. The van der Waals surface area contributed by atoms with Gasteiger partial charge < -0.3 is 10.1 Å². The van der Waals surface area contributed by atoms with Crippen molar-refractivity contribution >= 4 is 39.9 Å². The molecule has 6 nitrogen and oxygen atoms in total. The van der Waals surface area contributed by atoms with Gasteiger partial charge in [0, 0.05) is 25.1 Å². The minimum atomic E-state index is -1.20. The number of rotatable bonds is 9. The Balaban J connectivity index is 2.20. The first-order valence-electron chi connectivity index (χ1n) is 8.57. The Morgan fingerprint density at radius 3 is 2.63 bits per heavy atom. The van der Waals surface area contributed by atoms with Gasteiger partial charge in [-0.3, -0.25) is 14.0 Å². The molecule has 1 N–H and O–H groups in total. The van der Waals surface area contributed by atoms with E-state index in [1.807, 2.05) is 0 Å². The van der Waals surface area contributed by atoms with Crippen LogP contribution in [0, 0.1) is 0 Å². The lowest BCUT2D eigenvalue weighted by Gasteiger charge is -2.18. The molecule has 0 radical (unpaired) electrons. The molecular formula is C19H22ClN3O3S. The zero-order valence-corrected chi connectivity index (χ0v) is 16.8.